The minimum atomic E-state index is -1.06. The zero-order valence-electron chi connectivity index (χ0n) is 13.2. The number of aliphatic carboxylic acids is 1. The van der Waals surface area contributed by atoms with E-state index in [9.17, 15) is 14.7 Å². The molecule has 0 radical (unpaired) electrons. The molecule has 2 saturated carbocycles. The van der Waals surface area contributed by atoms with E-state index >= 15 is 0 Å². The summed E-state index contributed by atoms with van der Waals surface area (Å²) in [6.45, 7) is 4.28. The molecule has 2 aliphatic carbocycles. The average molecular weight is 296 g/mol. The Morgan fingerprint density at radius 3 is 2.43 bits per heavy atom. The van der Waals surface area contributed by atoms with Crippen LogP contribution in [0.15, 0.2) is 0 Å². The van der Waals surface area contributed by atoms with E-state index < -0.39 is 11.5 Å². The summed E-state index contributed by atoms with van der Waals surface area (Å²) in [5, 5.41) is 15.2. The molecule has 21 heavy (non-hydrogen) atoms. The van der Waals surface area contributed by atoms with Gasteiger partial charge in [-0.2, -0.15) is 0 Å². The lowest BCUT2D eigenvalue weighted by Crippen LogP contribution is -2.59. The van der Waals surface area contributed by atoms with E-state index in [-0.39, 0.29) is 12.1 Å². The molecular formula is C16H28N2O3. The van der Waals surface area contributed by atoms with Crippen LogP contribution in [0.5, 0.6) is 0 Å². The van der Waals surface area contributed by atoms with Crippen LogP contribution in [-0.2, 0) is 4.79 Å². The number of rotatable bonds is 6. The first-order valence-electron chi connectivity index (χ1n) is 8.32. The molecule has 2 fully saturated rings. The van der Waals surface area contributed by atoms with Crippen LogP contribution < -0.4 is 10.6 Å². The lowest BCUT2D eigenvalue weighted by Gasteiger charge is -2.37. The van der Waals surface area contributed by atoms with E-state index in [1.165, 1.54) is 0 Å². The monoisotopic (exact) mass is 296 g/mol. The molecule has 5 nitrogen and oxygen atoms in total. The van der Waals surface area contributed by atoms with Gasteiger partial charge < -0.3 is 15.7 Å². The Morgan fingerprint density at radius 1 is 1.24 bits per heavy atom. The molecule has 2 amide bonds. The molecule has 0 aromatic heterocycles. The Morgan fingerprint density at radius 2 is 1.90 bits per heavy atom. The third-order valence-electron chi connectivity index (χ3n) is 5.20. The molecule has 0 aromatic carbocycles. The highest BCUT2D eigenvalue weighted by atomic mass is 16.4. The van der Waals surface area contributed by atoms with Crippen LogP contribution in [0, 0.1) is 11.8 Å². The minimum absolute atomic E-state index is 0.239. The zero-order chi connectivity index (χ0) is 15.5. The molecule has 2 atom stereocenters. The normalized spacial score (nSPS) is 35.0. The second-order valence-electron chi connectivity index (χ2n) is 6.73. The largest absolute Gasteiger partial charge is 0.480 e. The first kappa shape index (κ1) is 16.1. The van der Waals surface area contributed by atoms with Gasteiger partial charge in [-0.25, -0.2) is 9.59 Å². The van der Waals surface area contributed by atoms with Crippen molar-refractivity contribution in [2.75, 3.05) is 0 Å². The maximum absolute atomic E-state index is 12.1. The van der Waals surface area contributed by atoms with Gasteiger partial charge in [-0.1, -0.05) is 26.7 Å². The van der Waals surface area contributed by atoms with Crippen LogP contribution >= 0.6 is 0 Å². The van der Waals surface area contributed by atoms with Crippen LogP contribution in [0.3, 0.4) is 0 Å². The summed E-state index contributed by atoms with van der Waals surface area (Å²) < 4.78 is 0. The topological polar surface area (TPSA) is 78.4 Å². The highest BCUT2D eigenvalue weighted by Gasteiger charge is 2.44. The molecule has 0 bridgehead atoms. The standard InChI is InChI=1S/C16H28N2O3/c1-3-5-12-10-13(12)17-15(21)18-16(14(19)20)8-6-11(4-2)7-9-16/h11-13H,3-10H2,1-2H3,(H,19,20)(H2,17,18,21). The van der Waals surface area contributed by atoms with Gasteiger partial charge in [0.15, 0.2) is 0 Å². The van der Waals surface area contributed by atoms with Crippen molar-refractivity contribution in [3.05, 3.63) is 0 Å². The van der Waals surface area contributed by atoms with E-state index in [1.807, 2.05) is 0 Å². The molecule has 3 N–H and O–H groups in total. The zero-order valence-corrected chi connectivity index (χ0v) is 13.2. The lowest BCUT2D eigenvalue weighted by atomic mass is 9.75. The van der Waals surface area contributed by atoms with Gasteiger partial charge in [0.2, 0.25) is 0 Å². The molecule has 2 unspecified atom stereocenters. The van der Waals surface area contributed by atoms with Gasteiger partial charge in [-0.15, -0.1) is 0 Å². The van der Waals surface area contributed by atoms with E-state index in [4.69, 9.17) is 0 Å². The third-order valence-corrected chi connectivity index (χ3v) is 5.20. The maximum atomic E-state index is 12.1. The van der Waals surface area contributed by atoms with E-state index in [2.05, 4.69) is 24.5 Å². The quantitative estimate of drug-likeness (QED) is 0.705. The number of carbonyl (C=O) groups excluding carboxylic acids is 1. The van der Waals surface area contributed by atoms with Gasteiger partial charge >= 0.3 is 12.0 Å². The number of amides is 2. The number of urea groups is 1. The Labute approximate surface area is 126 Å². The number of hydrogen-bond acceptors (Lipinski definition) is 2. The van der Waals surface area contributed by atoms with Crippen molar-refractivity contribution >= 4 is 12.0 Å². The molecule has 120 valence electrons. The van der Waals surface area contributed by atoms with Crippen LogP contribution in [0.1, 0.15) is 65.2 Å². The van der Waals surface area contributed by atoms with E-state index in [0.717, 1.165) is 38.5 Å². The Bertz CT molecular complexity index is 389. The number of carbonyl (C=O) groups is 2. The van der Waals surface area contributed by atoms with Gasteiger partial charge in [0.1, 0.15) is 5.54 Å². The van der Waals surface area contributed by atoms with Crippen molar-refractivity contribution in [1.29, 1.82) is 0 Å². The summed E-state index contributed by atoms with van der Waals surface area (Å²) in [4.78, 5) is 23.7. The van der Waals surface area contributed by atoms with Crippen LogP contribution in [-0.4, -0.2) is 28.7 Å². The molecular weight excluding hydrogens is 268 g/mol. The molecule has 0 spiro atoms. The summed E-state index contributed by atoms with van der Waals surface area (Å²) in [5.74, 6) is 0.283. The Kier molecular flexibility index (Phi) is 5.12. The Hall–Kier alpha value is -1.26. The predicted molar refractivity (Wildman–Crippen MR) is 81.1 cm³/mol. The first-order chi connectivity index (χ1) is 10.0. The third kappa shape index (κ3) is 3.89. The van der Waals surface area contributed by atoms with Crippen LogP contribution in [0.25, 0.3) is 0 Å². The highest BCUT2D eigenvalue weighted by Crippen LogP contribution is 2.36. The predicted octanol–water partition coefficient (Wildman–Crippen LogP) is 2.90. The number of hydrogen-bond donors (Lipinski definition) is 3. The van der Waals surface area contributed by atoms with Crippen LogP contribution in [0.2, 0.25) is 0 Å². The molecule has 5 heteroatoms. The van der Waals surface area contributed by atoms with Crippen molar-refractivity contribution in [2.45, 2.75) is 76.8 Å². The Balaban J connectivity index is 1.86. The summed E-state index contributed by atoms with van der Waals surface area (Å²) in [5.41, 5.74) is -1.06. The van der Waals surface area contributed by atoms with E-state index in [0.29, 0.717) is 24.7 Å². The average Bonchev–Trinajstić information content (AvgIpc) is 3.17. The maximum Gasteiger partial charge on any atom is 0.329 e. The van der Waals surface area contributed by atoms with Crippen molar-refractivity contribution in [3.63, 3.8) is 0 Å². The SMILES string of the molecule is CCCC1CC1NC(=O)NC1(C(=O)O)CCC(CC)CC1. The summed E-state index contributed by atoms with van der Waals surface area (Å²) in [6.07, 6.45) is 7.21. The minimum Gasteiger partial charge on any atom is -0.480 e. The van der Waals surface area contributed by atoms with Crippen molar-refractivity contribution < 1.29 is 14.7 Å². The fraction of sp³-hybridized carbons (Fsp3) is 0.875. The van der Waals surface area contributed by atoms with Crippen molar-refractivity contribution in [3.8, 4) is 0 Å². The molecule has 0 saturated heterocycles. The molecule has 0 aromatic rings. The smallest absolute Gasteiger partial charge is 0.329 e. The van der Waals surface area contributed by atoms with Gasteiger partial charge in [-0.05, 0) is 50.4 Å². The fourth-order valence-electron chi connectivity index (χ4n) is 3.51. The van der Waals surface area contributed by atoms with Gasteiger partial charge in [0.05, 0.1) is 0 Å². The second-order valence-corrected chi connectivity index (χ2v) is 6.73. The first-order valence-corrected chi connectivity index (χ1v) is 8.32. The van der Waals surface area contributed by atoms with Crippen molar-refractivity contribution in [1.82, 2.24) is 10.6 Å². The number of carboxylic acids is 1. The van der Waals surface area contributed by atoms with E-state index in [1.54, 1.807) is 0 Å². The molecule has 0 heterocycles. The van der Waals surface area contributed by atoms with Crippen LogP contribution in [0.4, 0.5) is 4.79 Å². The lowest BCUT2D eigenvalue weighted by molar-refractivity contribution is -0.146. The summed E-state index contributed by atoms with van der Waals surface area (Å²) in [7, 11) is 0. The van der Waals surface area contributed by atoms with Gasteiger partial charge in [0.25, 0.3) is 0 Å². The van der Waals surface area contributed by atoms with Gasteiger partial charge in [-0.3, -0.25) is 0 Å². The molecule has 2 rings (SSSR count). The fourth-order valence-corrected chi connectivity index (χ4v) is 3.51. The summed E-state index contributed by atoms with van der Waals surface area (Å²) in [6, 6.07) is -0.0706. The molecule has 2 aliphatic rings. The van der Waals surface area contributed by atoms with Crippen molar-refractivity contribution in [2.24, 2.45) is 11.8 Å². The number of carboxylic acid groups (broad SMARTS) is 1. The highest BCUT2D eigenvalue weighted by molar-refractivity contribution is 5.86. The second kappa shape index (κ2) is 6.67. The summed E-state index contributed by atoms with van der Waals surface area (Å²) >= 11 is 0. The van der Waals surface area contributed by atoms with Gasteiger partial charge in [0, 0.05) is 6.04 Å². The number of nitrogens with one attached hydrogen (secondary N) is 2. The molecule has 0 aliphatic heterocycles.